The van der Waals surface area contributed by atoms with Gasteiger partial charge in [0.05, 0.1) is 30.1 Å². The summed E-state index contributed by atoms with van der Waals surface area (Å²) in [7, 11) is 1.35. The molecule has 1 rings (SSSR count). The number of esters is 1. The van der Waals surface area contributed by atoms with Crippen molar-refractivity contribution in [3.05, 3.63) is 23.8 Å². The van der Waals surface area contributed by atoms with Crippen molar-refractivity contribution in [2.45, 2.75) is 19.9 Å². The minimum atomic E-state index is -0.467. The van der Waals surface area contributed by atoms with E-state index in [4.69, 9.17) is 15.7 Å². The van der Waals surface area contributed by atoms with E-state index in [1.807, 2.05) is 19.9 Å². The third-order valence-electron chi connectivity index (χ3n) is 2.61. The molecule has 0 bridgehead atoms. The summed E-state index contributed by atoms with van der Waals surface area (Å²) in [5.41, 5.74) is 7.36. The summed E-state index contributed by atoms with van der Waals surface area (Å²) in [6.45, 7) is 3.82. The Kier molecular flexibility index (Phi) is 4.55. The van der Waals surface area contributed by atoms with Gasteiger partial charge in [0, 0.05) is 0 Å². The number of nitrogen functional groups attached to an aromatic ring is 1. The standard InChI is InChI=1S/C13H17N3O2/c1-8(2)12(13(17)18-3)16-11-5-4-9(7-14)6-10(11)15/h4-6,8,12,16H,15H2,1-3H3. The smallest absolute Gasteiger partial charge is 0.328 e. The second-order valence-corrected chi connectivity index (χ2v) is 4.30. The number of carbonyl (C=O) groups excluding carboxylic acids is 1. The average molecular weight is 247 g/mol. The summed E-state index contributed by atoms with van der Waals surface area (Å²) in [5, 5.41) is 11.8. The fourth-order valence-electron chi connectivity index (χ4n) is 1.56. The fraction of sp³-hybridized carbons (Fsp3) is 0.385. The number of methoxy groups -OCH3 is 1. The van der Waals surface area contributed by atoms with Crippen LogP contribution in [0, 0.1) is 17.2 Å². The monoisotopic (exact) mass is 247 g/mol. The molecule has 1 aromatic carbocycles. The van der Waals surface area contributed by atoms with Gasteiger partial charge in [-0.05, 0) is 24.1 Å². The lowest BCUT2D eigenvalue weighted by Crippen LogP contribution is -2.35. The van der Waals surface area contributed by atoms with E-state index in [1.165, 1.54) is 7.11 Å². The van der Waals surface area contributed by atoms with Crippen LogP contribution in [0.15, 0.2) is 18.2 Å². The number of anilines is 2. The van der Waals surface area contributed by atoms with Crippen LogP contribution in [0.4, 0.5) is 11.4 Å². The number of nitriles is 1. The summed E-state index contributed by atoms with van der Waals surface area (Å²) in [4.78, 5) is 11.6. The van der Waals surface area contributed by atoms with Gasteiger partial charge in [-0.2, -0.15) is 5.26 Å². The maximum atomic E-state index is 11.6. The molecule has 1 aromatic rings. The summed E-state index contributed by atoms with van der Waals surface area (Å²) >= 11 is 0. The van der Waals surface area contributed by atoms with E-state index in [9.17, 15) is 4.79 Å². The highest BCUT2D eigenvalue weighted by Gasteiger charge is 2.23. The number of carbonyl (C=O) groups is 1. The molecule has 0 amide bonds. The summed E-state index contributed by atoms with van der Waals surface area (Å²) in [6.07, 6.45) is 0. The molecular weight excluding hydrogens is 230 g/mol. The molecule has 5 heteroatoms. The van der Waals surface area contributed by atoms with E-state index in [-0.39, 0.29) is 11.9 Å². The lowest BCUT2D eigenvalue weighted by atomic mass is 10.0. The van der Waals surface area contributed by atoms with Crippen LogP contribution in [0.2, 0.25) is 0 Å². The molecule has 0 aliphatic carbocycles. The highest BCUT2D eigenvalue weighted by atomic mass is 16.5. The Morgan fingerprint density at radius 3 is 2.61 bits per heavy atom. The molecule has 96 valence electrons. The molecule has 0 saturated carbocycles. The highest BCUT2D eigenvalue weighted by Crippen LogP contribution is 2.22. The summed E-state index contributed by atoms with van der Waals surface area (Å²) < 4.78 is 4.74. The first-order chi connectivity index (χ1) is 8.49. The third kappa shape index (κ3) is 3.14. The Morgan fingerprint density at radius 2 is 2.17 bits per heavy atom. The second kappa shape index (κ2) is 5.92. The topological polar surface area (TPSA) is 88.1 Å². The average Bonchev–Trinajstić information content (AvgIpc) is 2.35. The Morgan fingerprint density at radius 1 is 1.50 bits per heavy atom. The van der Waals surface area contributed by atoms with Gasteiger partial charge >= 0.3 is 5.97 Å². The molecule has 1 atom stereocenters. The molecule has 5 nitrogen and oxygen atoms in total. The number of ether oxygens (including phenoxy) is 1. The number of hydrogen-bond acceptors (Lipinski definition) is 5. The quantitative estimate of drug-likeness (QED) is 0.625. The highest BCUT2D eigenvalue weighted by molar-refractivity contribution is 5.81. The number of rotatable bonds is 4. The lowest BCUT2D eigenvalue weighted by Gasteiger charge is -2.21. The third-order valence-corrected chi connectivity index (χ3v) is 2.61. The van der Waals surface area contributed by atoms with Crippen molar-refractivity contribution < 1.29 is 9.53 Å². The van der Waals surface area contributed by atoms with Crippen molar-refractivity contribution in [2.75, 3.05) is 18.2 Å². The van der Waals surface area contributed by atoms with E-state index in [2.05, 4.69) is 5.32 Å². The van der Waals surface area contributed by atoms with Crippen LogP contribution >= 0.6 is 0 Å². The maximum Gasteiger partial charge on any atom is 0.328 e. The number of nitrogens with one attached hydrogen (secondary N) is 1. The van der Waals surface area contributed by atoms with Crippen molar-refractivity contribution in [1.29, 1.82) is 5.26 Å². The summed E-state index contributed by atoms with van der Waals surface area (Å²) in [6, 6.07) is 6.44. The van der Waals surface area contributed by atoms with E-state index in [0.717, 1.165) is 0 Å². The number of benzene rings is 1. The van der Waals surface area contributed by atoms with Crippen LogP contribution in [0.5, 0.6) is 0 Å². The van der Waals surface area contributed by atoms with Crippen LogP contribution in [-0.4, -0.2) is 19.1 Å². The van der Waals surface area contributed by atoms with Gasteiger partial charge in [-0.1, -0.05) is 13.8 Å². The molecule has 18 heavy (non-hydrogen) atoms. The van der Waals surface area contributed by atoms with Gasteiger partial charge in [-0.15, -0.1) is 0 Å². The predicted molar refractivity (Wildman–Crippen MR) is 69.8 cm³/mol. The molecule has 0 saturated heterocycles. The zero-order chi connectivity index (χ0) is 13.7. The van der Waals surface area contributed by atoms with Crippen molar-refractivity contribution in [2.24, 2.45) is 5.92 Å². The predicted octanol–water partition coefficient (Wildman–Crippen LogP) is 1.75. The lowest BCUT2D eigenvalue weighted by molar-refractivity contribution is -0.142. The Hall–Kier alpha value is -2.22. The number of nitrogens with zero attached hydrogens (tertiary/aromatic N) is 1. The van der Waals surface area contributed by atoms with Crippen LogP contribution < -0.4 is 11.1 Å². The first-order valence-electron chi connectivity index (χ1n) is 5.63. The van der Waals surface area contributed by atoms with Crippen LogP contribution in [0.3, 0.4) is 0 Å². The largest absolute Gasteiger partial charge is 0.467 e. The number of hydrogen-bond donors (Lipinski definition) is 2. The SMILES string of the molecule is COC(=O)C(Nc1ccc(C#N)cc1N)C(C)C. The van der Waals surface area contributed by atoms with Crippen LogP contribution in [0.1, 0.15) is 19.4 Å². The van der Waals surface area contributed by atoms with Gasteiger partial charge in [0.15, 0.2) is 0 Å². The Bertz CT molecular complexity index is 478. The number of nitrogens with two attached hydrogens (primary N) is 1. The molecule has 0 spiro atoms. The first kappa shape index (κ1) is 13.8. The molecule has 0 aliphatic heterocycles. The Labute approximate surface area is 107 Å². The van der Waals surface area contributed by atoms with Crippen LogP contribution in [-0.2, 0) is 9.53 Å². The zero-order valence-corrected chi connectivity index (χ0v) is 10.7. The molecule has 0 aromatic heterocycles. The van der Waals surface area contributed by atoms with Crippen molar-refractivity contribution >= 4 is 17.3 Å². The molecule has 0 aliphatic rings. The fourth-order valence-corrected chi connectivity index (χ4v) is 1.56. The molecule has 1 unspecified atom stereocenters. The van der Waals surface area contributed by atoms with Gasteiger partial charge in [-0.25, -0.2) is 4.79 Å². The van der Waals surface area contributed by atoms with E-state index in [0.29, 0.717) is 16.9 Å². The van der Waals surface area contributed by atoms with Crippen molar-refractivity contribution in [3.63, 3.8) is 0 Å². The minimum absolute atomic E-state index is 0.0625. The van der Waals surface area contributed by atoms with E-state index in [1.54, 1.807) is 18.2 Å². The van der Waals surface area contributed by atoms with Gasteiger partial charge < -0.3 is 15.8 Å². The van der Waals surface area contributed by atoms with Gasteiger partial charge in [0.1, 0.15) is 6.04 Å². The van der Waals surface area contributed by atoms with E-state index >= 15 is 0 Å². The van der Waals surface area contributed by atoms with Crippen LogP contribution in [0.25, 0.3) is 0 Å². The van der Waals surface area contributed by atoms with E-state index < -0.39 is 6.04 Å². The van der Waals surface area contributed by atoms with Gasteiger partial charge in [0.25, 0.3) is 0 Å². The van der Waals surface area contributed by atoms with Gasteiger partial charge in [0.2, 0.25) is 0 Å². The zero-order valence-electron chi connectivity index (χ0n) is 10.7. The molecule has 0 heterocycles. The molecule has 0 fully saturated rings. The molecular formula is C13H17N3O2. The van der Waals surface area contributed by atoms with Crippen molar-refractivity contribution in [1.82, 2.24) is 0 Å². The first-order valence-corrected chi connectivity index (χ1v) is 5.63. The van der Waals surface area contributed by atoms with Crippen molar-refractivity contribution in [3.8, 4) is 6.07 Å². The second-order valence-electron chi connectivity index (χ2n) is 4.30. The normalized spacial score (nSPS) is 11.7. The maximum absolute atomic E-state index is 11.6. The summed E-state index contributed by atoms with van der Waals surface area (Å²) in [5.74, 6) is -0.277. The molecule has 3 N–H and O–H groups in total. The Balaban J connectivity index is 2.95. The molecule has 0 radical (unpaired) electrons. The minimum Gasteiger partial charge on any atom is -0.467 e. The van der Waals surface area contributed by atoms with Gasteiger partial charge in [-0.3, -0.25) is 0 Å².